The standard InChI is InChI=1S/C17H20N2O2/c1-12(14-7-5-4-6-8-14)18-16-11-15(19-13(2)20)9-10-17(16)21-3/h4-12,18H,1-3H3,(H,19,20)/t12-/m0/s1. The summed E-state index contributed by atoms with van der Waals surface area (Å²) in [4.78, 5) is 11.2. The molecule has 21 heavy (non-hydrogen) atoms. The molecule has 0 aromatic heterocycles. The van der Waals surface area contributed by atoms with E-state index in [1.54, 1.807) is 7.11 Å². The van der Waals surface area contributed by atoms with Gasteiger partial charge in [-0.3, -0.25) is 4.79 Å². The molecule has 4 heteroatoms. The van der Waals surface area contributed by atoms with Crippen LogP contribution in [0.5, 0.6) is 5.75 Å². The number of carbonyl (C=O) groups is 1. The van der Waals surface area contributed by atoms with Gasteiger partial charge in [0.25, 0.3) is 0 Å². The molecule has 2 rings (SSSR count). The summed E-state index contributed by atoms with van der Waals surface area (Å²) in [6.07, 6.45) is 0. The molecule has 2 N–H and O–H groups in total. The summed E-state index contributed by atoms with van der Waals surface area (Å²) in [5.41, 5.74) is 2.77. The molecule has 1 amide bonds. The van der Waals surface area contributed by atoms with Crippen molar-refractivity contribution in [3.05, 3.63) is 54.1 Å². The van der Waals surface area contributed by atoms with Crippen molar-refractivity contribution in [2.24, 2.45) is 0 Å². The van der Waals surface area contributed by atoms with Crippen LogP contribution in [0.3, 0.4) is 0 Å². The van der Waals surface area contributed by atoms with Crippen molar-refractivity contribution < 1.29 is 9.53 Å². The Hall–Kier alpha value is -2.49. The van der Waals surface area contributed by atoms with Gasteiger partial charge in [-0.1, -0.05) is 30.3 Å². The Morgan fingerprint density at radius 1 is 1.14 bits per heavy atom. The van der Waals surface area contributed by atoms with E-state index >= 15 is 0 Å². The van der Waals surface area contributed by atoms with Crippen LogP contribution in [0.25, 0.3) is 0 Å². The van der Waals surface area contributed by atoms with Gasteiger partial charge in [-0.05, 0) is 30.7 Å². The molecule has 0 saturated carbocycles. The maximum absolute atomic E-state index is 11.2. The van der Waals surface area contributed by atoms with Crippen molar-refractivity contribution in [3.8, 4) is 5.75 Å². The predicted octanol–water partition coefficient (Wildman–Crippen LogP) is 3.83. The van der Waals surface area contributed by atoms with Gasteiger partial charge in [0.15, 0.2) is 0 Å². The smallest absolute Gasteiger partial charge is 0.221 e. The predicted molar refractivity (Wildman–Crippen MR) is 85.8 cm³/mol. The van der Waals surface area contributed by atoms with Crippen LogP contribution in [-0.2, 0) is 4.79 Å². The minimum absolute atomic E-state index is 0.0952. The summed E-state index contributed by atoms with van der Waals surface area (Å²) in [6, 6.07) is 15.8. The summed E-state index contributed by atoms with van der Waals surface area (Å²) in [6.45, 7) is 3.57. The van der Waals surface area contributed by atoms with Crippen molar-refractivity contribution in [1.29, 1.82) is 0 Å². The van der Waals surface area contributed by atoms with Crippen molar-refractivity contribution >= 4 is 17.3 Å². The second kappa shape index (κ2) is 6.79. The maximum atomic E-state index is 11.2. The zero-order valence-corrected chi connectivity index (χ0v) is 12.5. The van der Waals surface area contributed by atoms with Crippen molar-refractivity contribution in [1.82, 2.24) is 0 Å². The van der Waals surface area contributed by atoms with Gasteiger partial charge < -0.3 is 15.4 Å². The summed E-state index contributed by atoms with van der Waals surface area (Å²) in [7, 11) is 1.63. The van der Waals surface area contributed by atoms with Crippen LogP contribution in [0.4, 0.5) is 11.4 Å². The molecule has 0 aliphatic carbocycles. The highest BCUT2D eigenvalue weighted by atomic mass is 16.5. The van der Waals surface area contributed by atoms with E-state index < -0.39 is 0 Å². The topological polar surface area (TPSA) is 50.4 Å². The van der Waals surface area contributed by atoms with Crippen LogP contribution in [0, 0.1) is 0 Å². The Morgan fingerprint density at radius 2 is 1.86 bits per heavy atom. The number of anilines is 2. The molecular weight excluding hydrogens is 264 g/mol. The molecule has 2 aromatic rings. The van der Waals surface area contributed by atoms with Crippen molar-refractivity contribution in [2.45, 2.75) is 19.9 Å². The van der Waals surface area contributed by atoms with Gasteiger partial charge in [-0.15, -0.1) is 0 Å². The summed E-state index contributed by atoms with van der Waals surface area (Å²) in [5, 5.41) is 6.19. The number of hydrogen-bond acceptors (Lipinski definition) is 3. The third-order valence-corrected chi connectivity index (χ3v) is 3.19. The van der Waals surface area contributed by atoms with E-state index in [-0.39, 0.29) is 11.9 Å². The van der Waals surface area contributed by atoms with Gasteiger partial charge in [0, 0.05) is 18.7 Å². The monoisotopic (exact) mass is 284 g/mol. The van der Waals surface area contributed by atoms with E-state index in [9.17, 15) is 4.79 Å². The van der Waals surface area contributed by atoms with Crippen LogP contribution in [0.2, 0.25) is 0 Å². The molecule has 0 spiro atoms. The Morgan fingerprint density at radius 3 is 2.48 bits per heavy atom. The lowest BCUT2D eigenvalue weighted by atomic mass is 10.1. The number of rotatable bonds is 5. The van der Waals surface area contributed by atoms with Gasteiger partial charge in [0.2, 0.25) is 5.91 Å². The zero-order chi connectivity index (χ0) is 15.2. The first-order chi connectivity index (χ1) is 10.1. The summed E-state index contributed by atoms with van der Waals surface area (Å²) in [5.74, 6) is 0.647. The van der Waals surface area contributed by atoms with Crippen LogP contribution >= 0.6 is 0 Å². The quantitative estimate of drug-likeness (QED) is 0.877. The molecular formula is C17H20N2O2. The first-order valence-electron chi connectivity index (χ1n) is 6.87. The maximum Gasteiger partial charge on any atom is 0.221 e. The number of hydrogen-bond donors (Lipinski definition) is 2. The van der Waals surface area contributed by atoms with Crippen molar-refractivity contribution in [3.63, 3.8) is 0 Å². The largest absolute Gasteiger partial charge is 0.495 e. The number of nitrogens with one attached hydrogen (secondary N) is 2. The molecule has 0 heterocycles. The third-order valence-electron chi connectivity index (χ3n) is 3.19. The molecule has 0 saturated heterocycles. The molecule has 0 aliphatic rings. The number of benzene rings is 2. The van der Waals surface area contributed by atoms with E-state index in [4.69, 9.17) is 4.74 Å². The van der Waals surface area contributed by atoms with Crippen LogP contribution in [0.1, 0.15) is 25.5 Å². The van der Waals surface area contributed by atoms with E-state index in [2.05, 4.69) is 29.7 Å². The number of ether oxygens (including phenoxy) is 1. The van der Waals surface area contributed by atoms with Gasteiger partial charge in [-0.25, -0.2) is 0 Å². The second-order valence-corrected chi connectivity index (χ2v) is 4.87. The highest BCUT2D eigenvalue weighted by Crippen LogP contribution is 2.31. The first-order valence-corrected chi connectivity index (χ1v) is 6.87. The average Bonchev–Trinajstić information content (AvgIpc) is 2.48. The van der Waals surface area contributed by atoms with E-state index in [1.807, 2.05) is 36.4 Å². The number of carbonyl (C=O) groups excluding carboxylic acids is 1. The highest BCUT2D eigenvalue weighted by molar-refractivity contribution is 5.89. The molecule has 4 nitrogen and oxygen atoms in total. The minimum atomic E-state index is -0.0952. The van der Waals surface area contributed by atoms with Gasteiger partial charge in [0.1, 0.15) is 5.75 Å². The Balaban J connectivity index is 2.22. The summed E-state index contributed by atoms with van der Waals surface area (Å²) < 4.78 is 5.37. The van der Waals surface area contributed by atoms with Crippen LogP contribution < -0.4 is 15.4 Å². The lowest BCUT2D eigenvalue weighted by molar-refractivity contribution is -0.114. The molecule has 0 aliphatic heterocycles. The minimum Gasteiger partial charge on any atom is -0.495 e. The van der Waals surface area contributed by atoms with E-state index in [0.29, 0.717) is 0 Å². The summed E-state index contributed by atoms with van der Waals surface area (Å²) >= 11 is 0. The Bertz CT molecular complexity index is 611. The molecule has 1 atom stereocenters. The molecule has 0 unspecified atom stereocenters. The Labute approximate surface area is 125 Å². The van der Waals surface area contributed by atoms with Crippen LogP contribution in [-0.4, -0.2) is 13.0 Å². The molecule has 110 valence electrons. The normalized spacial score (nSPS) is 11.6. The van der Waals surface area contributed by atoms with Crippen molar-refractivity contribution in [2.75, 3.05) is 17.7 Å². The molecule has 0 bridgehead atoms. The molecule has 0 radical (unpaired) electrons. The van der Waals surface area contributed by atoms with Gasteiger partial charge >= 0.3 is 0 Å². The number of amides is 1. The lowest BCUT2D eigenvalue weighted by Gasteiger charge is -2.19. The fourth-order valence-corrected chi connectivity index (χ4v) is 2.16. The van der Waals surface area contributed by atoms with Gasteiger partial charge in [0.05, 0.1) is 12.8 Å². The third kappa shape index (κ3) is 3.99. The van der Waals surface area contributed by atoms with Gasteiger partial charge in [-0.2, -0.15) is 0 Å². The average molecular weight is 284 g/mol. The second-order valence-electron chi connectivity index (χ2n) is 4.87. The van der Waals surface area contributed by atoms with Crippen LogP contribution in [0.15, 0.2) is 48.5 Å². The zero-order valence-electron chi connectivity index (χ0n) is 12.5. The molecule has 0 fully saturated rings. The number of methoxy groups -OCH3 is 1. The van der Waals surface area contributed by atoms with E-state index in [0.717, 1.165) is 17.1 Å². The lowest BCUT2D eigenvalue weighted by Crippen LogP contribution is -2.09. The highest BCUT2D eigenvalue weighted by Gasteiger charge is 2.10. The Kier molecular flexibility index (Phi) is 4.82. The van der Waals surface area contributed by atoms with E-state index in [1.165, 1.54) is 12.5 Å². The fourth-order valence-electron chi connectivity index (χ4n) is 2.16. The SMILES string of the molecule is COc1ccc(NC(C)=O)cc1N[C@@H](C)c1ccccc1. The first kappa shape index (κ1) is 14.9. The molecule has 2 aromatic carbocycles. The fraction of sp³-hybridized carbons (Fsp3) is 0.235.